The van der Waals surface area contributed by atoms with Crippen LogP contribution in [0.15, 0.2) is 34.4 Å². The zero-order chi connectivity index (χ0) is 13.7. The van der Waals surface area contributed by atoms with Crippen molar-refractivity contribution in [1.29, 1.82) is 0 Å². The SMILES string of the molecule is COCCCn1c(-c2cccs2)ccc(CS)c1=O. The first-order chi connectivity index (χ1) is 9.27. The molecule has 0 bridgehead atoms. The van der Waals surface area contributed by atoms with E-state index in [1.807, 2.05) is 34.2 Å². The highest BCUT2D eigenvalue weighted by molar-refractivity contribution is 7.79. The van der Waals surface area contributed by atoms with Crippen molar-refractivity contribution in [2.75, 3.05) is 13.7 Å². The molecule has 0 aliphatic carbocycles. The fraction of sp³-hybridized carbons (Fsp3) is 0.357. The van der Waals surface area contributed by atoms with Crippen LogP contribution in [0.5, 0.6) is 0 Å². The van der Waals surface area contributed by atoms with Crippen LogP contribution in [0.1, 0.15) is 12.0 Å². The van der Waals surface area contributed by atoms with Gasteiger partial charge in [-0.05, 0) is 23.9 Å². The summed E-state index contributed by atoms with van der Waals surface area (Å²) in [5.74, 6) is 0.466. The fourth-order valence-corrected chi connectivity index (χ4v) is 2.97. The Kier molecular flexibility index (Phi) is 5.24. The van der Waals surface area contributed by atoms with E-state index in [1.165, 1.54) is 0 Å². The number of thiol groups is 1. The van der Waals surface area contributed by atoms with Crippen LogP contribution < -0.4 is 5.56 Å². The van der Waals surface area contributed by atoms with Gasteiger partial charge in [0.05, 0.1) is 10.6 Å². The highest BCUT2D eigenvalue weighted by Crippen LogP contribution is 2.24. The Hall–Kier alpha value is -1.04. The van der Waals surface area contributed by atoms with Gasteiger partial charge in [0.15, 0.2) is 0 Å². The quantitative estimate of drug-likeness (QED) is 0.656. The number of hydrogen-bond donors (Lipinski definition) is 1. The second-order valence-electron chi connectivity index (χ2n) is 4.18. The molecule has 0 fully saturated rings. The average Bonchev–Trinajstić information content (AvgIpc) is 2.94. The van der Waals surface area contributed by atoms with E-state index in [0.29, 0.717) is 18.9 Å². The number of hydrogen-bond acceptors (Lipinski definition) is 4. The zero-order valence-electron chi connectivity index (χ0n) is 10.8. The number of rotatable bonds is 6. The number of pyridine rings is 1. The first kappa shape index (κ1) is 14.4. The van der Waals surface area contributed by atoms with Crippen molar-refractivity contribution in [2.24, 2.45) is 0 Å². The third kappa shape index (κ3) is 3.29. The minimum atomic E-state index is 0.0528. The van der Waals surface area contributed by atoms with Gasteiger partial charge in [-0.15, -0.1) is 11.3 Å². The average molecular weight is 295 g/mol. The lowest BCUT2D eigenvalue weighted by Gasteiger charge is -2.13. The molecule has 19 heavy (non-hydrogen) atoms. The molecule has 102 valence electrons. The van der Waals surface area contributed by atoms with Gasteiger partial charge in [0.2, 0.25) is 0 Å². The van der Waals surface area contributed by atoms with Gasteiger partial charge in [0.25, 0.3) is 5.56 Å². The van der Waals surface area contributed by atoms with Crippen LogP contribution in [0.2, 0.25) is 0 Å². The van der Waals surface area contributed by atoms with E-state index in [0.717, 1.165) is 22.6 Å². The van der Waals surface area contributed by atoms with Crippen molar-refractivity contribution in [3.05, 3.63) is 45.6 Å². The second kappa shape index (κ2) is 6.93. The van der Waals surface area contributed by atoms with Crippen LogP contribution in [-0.2, 0) is 17.0 Å². The Labute approximate surface area is 122 Å². The Morgan fingerprint density at radius 3 is 2.84 bits per heavy atom. The van der Waals surface area contributed by atoms with Gasteiger partial charge in [-0.3, -0.25) is 4.79 Å². The molecule has 0 aromatic carbocycles. The van der Waals surface area contributed by atoms with E-state index in [9.17, 15) is 4.79 Å². The second-order valence-corrected chi connectivity index (χ2v) is 5.45. The van der Waals surface area contributed by atoms with Crippen molar-refractivity contribution in [1.82, 2.24) is 4.57 Å². The maximum atomic E-state index is 12.4. The lowest BCUT2D eigenvalue weighted by atomic mass is 10.2. The molecule has 0 aliphatic heterocycles. The largest absolute Gasteiger partial charge is 0.385 e. The van der Waals surface area contributed by atoms with Crippen molar-refractivity contribution in [3.63, 3.8) is 0 Å². The van der Waals surface area contributed by atoms with E-state index in [4.69, 9.17) is 4.74 Å². The third-order valence-electron chi connectivity index (χ3n) is 2.93. The topological polar surface area (TPSA) is 31.2 Å². The molecular formula is C14H17NO2S2. The summed E-state index contributed by atoms with van der Waals surface area (Å²) in [6.07, 6.45) is 0.824. The molecule has 0 saturated heterocycles. The van der Waals surface area contributed by atoms with Crippen molar-refractivity contribution >= 4 is 24.0 Å². The summed E-state index contributed by atoms with van der Waals surface area (Å²) < 4.78 is 6.89. The molecule has 5 heteroatoms. The molecule has 0 saturated carbocycles. The first-order valence-corrected chi connectivity index (χ1v) is 7.65. The van der Waals surface area contributed by atoms with E-state index >= 15 is 0 Å². The van der Waals surface area contributed by atoms with Gasteiger partial charge in [-0.25, -0.2) is 0 Å². The van der Waals surface area contributed by atoms with Gasteiger partial charge >= 0.3 is 0 Å². The predicted octanol–water partition coefficient (Wildman–Crippen LogP) is 3.04. The number of methoxy groups -OCH3 is 1. The molecule has 0 aliphatic rings. The Bertz CT molecular complexity index is 576. The fourth-order valence-electron chi connectivity index (χ4n) is 1.97. The summed E-state index contributed by atoms with van der Waals surface area (Å²) in [6, 6.07) is 7.91. The van der Waals surface area contributed by atoms with Crippen LogP contribution in [-0.4, -0.2) is 18.3 Å². The van der Waals surface area contributed by atoms with Crippen LogP contribution >= 0.6 is 24.0 Å². The predicted molar refractivity (Wildman–Crippen MR) is 83.2 cm³/mol. The van der Waals surface area contributed by atoms with Crippen molar-refractivity contribution in [3.8, 4) is 10.6 Å². The molecule has 0 radical (unpaired) electrons. The van der Waals surface area contributed by atoms with Gasteiger partial charge in [0.1, 0.15) is 0 Å². The molecule has 2 heterocycles. The monoisotopic (exact) mass is 295 g/mol. The molecule has 0 N–H and O–H groups in total. The van der Waals surface area contributed by atoms with E-state index in [2.05, 4.69) is 12.6 Å². The lowest BCUT2D eigenvalue weighted by Crippen LogP contribution is -2.25. The Morgan fingerprint density at radius 1 is 1.37 bits per heavy atom. The van der Waals surface area contributed by atoms with E-state index in [1.54, 1.807) is 18.4 Å². The van der Waals surface area contributed by atoms with Crippen LogP contribution in [0, 0.1) is 0 Å². The van der Waals surface area contributed by atoms with Crippen LogP contribution in [0.4, 0.5) is 0 Å². The molecule has 0 amide bonds. The minimum Gasteiger partial charge on any atom is -0.385 e. The van der Waals surface area contributed by atoms with E-state index in [-0.39, 0.29) is 5.56 Å². The summed E-state index contributed by atoms with van der Waals surface area (Å²) in [5.41, 5.74) is 1.76. The first-order valence-electron chi connectivity index (χ1n) is 6.14. The van der Waals surface area contributed by atoms with Crippen LogP contribution in [0.3, 0.4) is 0 Å². The summed E-state index contributed by atoms with van der Waals surface area (Å²) in [6.45, 7) is 1.32. The summed E-state index contributed by atoms with van der Waals surface area (Å²) >= 11 is 5.85. The van der Waals surface area contributed by atoms with Gasteiger partial charge in [-0.1, -0.05) is 12.1 Å². The van der Waals surface area contributed by atoms with Crippen molar-refractivity contribution < 1.29 is 4.74 Å². The van der Waals surface area contributed by atoms with Crippen LogP contribution in [0.25, 0.3) is 10.6 Å². The molecule has 3 nitrogen and oxygen atoms in total. The summed E-state index contributed by atoms with van der Waals surface area (Å²) in [7, 11) is 1.67. The smallest absolute Gasteiger partial charge is 0.255 e. The summed E-state index contributed by atoms with van der Waals surface area (Å²) in [4.78, 5) is 13.5. The Morgan fingerprint density at radius 2 is 2.21 bits per heavy atom. The maximum absolute atomic E-state index is 12.4. The number of nitrogens with zero attached hydrogens (tertiary/aromatic N) is 1. The molecule has 0 spiro atoms. The zero-order valence-corrected chi connectivity index (χ0v) is 12.5. The normalized spacial score (nSPS) is 10.8. The van der Waals surface area contributed by atoms with E-state index < -0.39 is 0 Å². The maximum Gasteiger partial charge on any atom is 0.255 e. The summed E-state index contributed by atoms with van der Waals surface area (Å²) in [5, 5.41) is 2.02. The highest BCUT2D eigenvalue weighted by atomic mass is 32.1. The standard InChI is InChI=1S/C14H17NO2S2/c1-17-8-3-7-15-12(13-4-2-9-19-13)6-5-11(10-18)14(15)16/h2,4-6,9,18H,3,7-8,10H2,1H3. The molecule has 2 aromatic heterocycles. The van der Waals surface area contributed by atoms with Gasteiger partial charge in [0, 0.05) is 31.6 Å². The molecule has 2 aromatic rings. The van der Waals surface area contributed by atoms with Gasteiger partial charge in [-0.2, -0.15) is 12.6 Å². The van der Waals surface area contributed by atoms with Gasteiger partial charge < -0.3 is 9.30 Å². The minimum absolute atomic E-state index is 0.0528. The molecule has 0 atom stereocenters. The van der Waals surface area contributed by atoms with Crippen molar-refractivity contribution in [2.45, 2.75) is 18.7 Å². The molecule has 0 unspecified atom stereocenters. The Balaban J connectivity index is 2.42. The molecular weight excluding hydrogens is 278 g/mol. The lowest BCUT2D eigenvalue weighted by molar-refractivity contribution is 0.190. The highest BCUT2D eigenvalue weighted by Gasteiger charge is 2.10. The number of aromatic nitrogens is 1. The third-order valence-corrected chi connectivity index (χ3v) is 4.16. The number of ether oxygens (including phenoxy) is 1. The number of thiophene rings is 1. The molecule has 2 rings (SSSR count).